The van der Waals surface area contributed by atoms with Gasteiger partial charge in [-0.1, -0.05) is 25.1 Å². The highest BCUT2D eigenvalue weighted by molar-refractivity contribution is 5.20. The molecule has 1 aromatic carbocycles. The van der Waals surface area contributed by atoms with E-state index in [1.165, 1.54) is 0 Å². The lowest BCUT2D eigenvalue weighted by Crippen LogP contribution is -2.19. The largest absolute Gasteiger partial charge is 0.494 e. The van der Waals surface area contributed by atoms with Crippen LogP contribution in [0.3, 0.4) is 0 Å². The van der Waals surface area contributed by atoms with Crippen molar-refractivity contribution in [2.45, 2.75) is 13.3 Å². The molecule has 16 heavy (non-hydrogen) atoms. The first-order valence-corrected chi connectivity index (χ1v) is 5.90. The Bertz CT molecular complexity index is 251. The molecule has 3 heteroatoms. The molecule has 1 rings (SSSR count). The highest BCUT2D eigenvalue weighted by Crippen LogP contribution is 2.08. The Labute approximate surface area is 97.8 Å². The van der Waals surface area contributed by atoms with Gasteiger partial charge in [-0.05, 0) is 18.7 Å². The highest BCUT2D eigenvalue weighted by Gasteiger charge is 1.92. The maximum atomic E-state index is 5.54. The van der Waals surface area contributed by atoms with Crippen molar-refractivity contribution in [2.24, 2.45) is 0 Å². The summed E-state index contributed by atoms with van der Waals surface area (Å²) < 4.78 is 11.0. The van der Waals surface area contributed by atoms with Crippen molar-refractivity contribution in [1.29, 1.82) is 0 Å². The standard InChI is InChI=1S/C13H21NO2/c1-2-14-9-12-15-10-6-11-16-13-7-4-3-5-8-13/h3-5,7-8,14H,2,6,9-12H2,1H3. The number of rotatable bonds is 9. The van der Waals surface area contributed by atoms with Gasteiger partial charge in [0, 0.05) is 19.6 Å². The van der Waals surface area contributed by atoms with E-state index in [4.69, 9.17) is 9.47 Å². The molecular weight excluding hydrogens is 202 g/mol. The van der Waals surface area contributed by atoms with Gasteiger partial charge in [-0.15, -0.1) is 0 Å². The summed E-state index contributed by atoms with van der Waals surface area (Å²) in [5.74, 6) is 0.926. The Morgan fingerprint density at radius 3 is 2.62 bits per heavy atom. The van der Waals surface area contributed by atoms with Crippen molar-refractivity contribution < 1.29 is 9.47 Å². The zero-order valence-electron chi connectivity index (χ0n) is 9.95. The fourth-order valence-corrected chi connectivity index (χ4v) is 1.29. The summed E-state index contributed by atoms with van der Waals surface area (Å²) in [5.41, 5.74) is 0. The van der Waals surface area contributed by atoms with Crippen molar-refractivity contribution in [3.8, 4) is 5.75 Å². The molecule has 0 saturated carbocycles. The van der Waals surface area contributed by atoms with E-state index in [2.05, 4.69) is 12.2 Å². The van der Waals surface area contributed by atoms with Gasteiger partial charge in [0.1, 0.15) is 5.75 Å². The number of likely N-dealkylation sites (N-methyl/N-ethyl adjacent to an activating group) is 1. The van der Waals surface area contributed by atoms with Crippen LogP contribution < -0.4 is 10.1 Å². The Kier molecular flexibility index (Phi) is 7.47. The quantitative estimate of drug-likeness (QED) is 0.650. The van der Waals surface area contributed by atoms with Gasteiger partial charge in [-0.3, -0.25) is 0 Å². The van der Waals surface area contributed by atoms with E-state index in [0.29, 0.717) is 6.61 Å². The predicted molar refractivity (Wildman–Crippen MR) is 65.9 cm³/mol. The second-order valence-electron chi connectivity index (χ2n) is 3.48. The molecule has 0 saturated heterocycles. The summed E-state index contributed by atoms with van der Waals surface area (Å²) in [5, 5.41) is 3.21. The van der Waals surface area contributed by atoms with Gasteiger partial charge in [-0.25, -0.2) is 0 Å². The van der Waals surface area contributed by atoms with Gasteiger partial charge in [0.2, 0.25) is 0 Å². The zero-order valence-corrected chi connectivity index (χ0v) is 9.95. The summed E-state index contributed by atoms with van der Waals surface area (Å²) in [6.07, 6.45) is 0.932. The fraction of sp³-hybridized carbons (Fsp3) is 0.538. The zero-order chi connectivity index (χ0) is 11.5. The van der Waals surface area contributed by atoms with Crippen LogP contribution in [0.1, 0.15) is 13.3 Å². The Balaban J connectivity index is 1.89. The van der Waals surface area contributed by atoms with Crippen molar-refractivity contribution in [3.05, 3.63) is 30.3 Å². The Morgan fingerprint density at radius 1 is 1.06 bits per heavy atom. The fourth-order valence-electron chi connectivity index (χ4n) is 1.29. The Morgan fingerprint density at radius 2 is 1.88 bits per heavy atom. The van der Waals surface area contributed by atoms with Gasteiger partial charge in [0.05, 0.1) is 13.2 Å². The third kappa shape index (κ3) is 6.43. The maximum absolute atomic E-state index is 5.54. The average Bonchev–Trinajstić information content (AvgIpc) is 2.34. The minimum absolute atomic E-state index is 0.714. The van der Waals surface area contributed by atoms with Crippen LogP contribution in [0.5, 0.6) is 5.75 Å². The van der Waals surface area contributed by atoms with Crippen LogP contribution in [-0.4, -0.2) is 32.9 Å². The molecular formula is C13H21NO2. The first kappa shape index (κ1) is 13.0. The van der Waals surface area contributed by atoms with Crippen LogP contribution >= 0.6 is 0 Å². The number of benzene rings is 1. The van der Waals surface area contributed by atoms with Crippen molar-refractivity contribution in [2.75, 3.05) is 32.9 Å². The molecule has 0 fully saturated rings. The number of hydrogen-bond acceptors (Lipinski definition) is 3. The van der Waals surface area contributed by atoms with Gasteiger partial charge in [0.25, 0.3) is 0 Å². The molecule has 0 atom stereocenters. The predicted octanol–water partition coefficient (Wildman–Crippen LogP) is 2.08. The van der Waals surface area contributed by atoms with Gasteiger partial charge in [0.15, 0.2) is 0 Å². The lowest BCUT2D eigenvalue weighted by molar-refractivity contribution is 0.121. The lowest BCUT2D eigenvalue weighted by atomic mass is 10.3. The summed E-state index contributed by atoms with van der Waals surface area (Å²) in [6.45, 7) is 6.27. The highest BCUT2D eigenvalue weighted by atomic mass is 16.5. The number of ether oxygens (including phenoxy) is 2. The molecule has 0 radical (unpaired) electrons. The summed E-state index contributed by atoms with van der Waals surface area (Å²) in [4.78, 5) is 0. The Hall–Kier alpha value is -1.06. The van der Waals surface area contributed by atoms with E-state index in [-0.39, 0.29) is 0 Å². The van der Waals surface area contributed by atoms with Crippen LogP contribution in [-0.2, 0) is 4.74 Å². The molecule has 0 heterocycles. The summed E-state index contributed by atoms with van der Waals surface area (Å²) in [7, 11) is 0. The van der Waals surface area contributed by atoms with Crippen LogP contribution in [0.25, 0.3) is 0 Å². The smallest absolute Gasteiger partial charge is 0.119 e. The van der Waals surface area contributed by atoms with Crippen molar-refractivity contribution in [3.63, 3.8) is 0 Å². The molecule has 90 valence electrons. The normalized spacial score (nSPS) is 10.3. The van der Waals surface area contributed by atoms with Gasteiger partial charge >= 0.3 is 0 Å². The molecule has 3 nitrogen and oxygen atoms in total. The third-order valence-electron chi connectivity index (χ3n) is 2.12. The minimum Gasteiger partial charge on any atom is -0.494 e. The molecule has 0 aromatic heterocycles. The lowest BCUT2D eigenvalue weighted by Gasteiger charge is -2.06. The summed E-state index contributed by atoms with van der Waals surface area (Å²) in [6, 6.07) is 9.86. The molecule has 0 unspecified atom stereocenters. The van der Waals surface area contributed by atoms with Crippen LogP contribution in [0.15, 0.2) is 30.3 Å². The molecule has 0 aliphatic carbocycles. The van der Waals surface area contributed by atoms with E-state index in [1.54, 1.807) is 0 Å². The molecule has 1 aromatic rings. The van der Waals surface area contributed by atoms with Crippen molar-refractivity contribution in [1.82, 2.24) is 5.32 Å². The van der Waals surface area contributed by atoms with E-state index in [1.807, 2.05) is 30.3 Å². The molecule has 1 N–H and O–H groups in total. The molecule has 0 spiro atoms. The first-order valence-electron chi connectivity index (χ1n) is 5.90. The van der Waals surface area contributed by atoms with E-state index < -0.39 is 0 Å². The number of para-hydroxylation sites is 1. The summed E-state index contributed by atoms with van der Waals surface area (Å²) >= 11 is 0. The minimum atomic E-state index is 0.714. The van der Waals surface area contributed by atoms with Crippen LogP contribution in [0, 0.1) is 0 Å². The number of hydrogen-bond donors (Lipinski definition) is 1. The second-order valence-corrected chi connectivity index (χ2v) is 3.48. The van der Waals surface area contributed by atoms with Gasteiger partial charge in [-0.2, -0.15) is 0 Å². The molecule has 0 amide bonds. The monoisotopic (exact) mass is 223 g/mol. The van der Waals surface area contributed by atoms with E-state index >= 15 is 0 Å². The average molecular weight is 223 g/mol. The molecule has 0 aliphatic heterocycles. The first-order chi connectivity index (χ1) is 7.93. The van der Waals surface area contributed by atoms with Crippen molar-refractivity contribution >= 4 is 0 Å². The molecule has 0 aliphatic rings. The number of nitrogens with one attached hydrogen (secondary N) is 1. The third-order valence-corrected chi connectivity index (χ3v) is 2.12. The maximum Gasteiger partial charge on any atom is 0.119 e. The van der Waals surface area contributed by atoms with Crippen LogP contribution in [0.4, 0.5) is 0 Å². The molecule has 0 bridgehead atoms. The van der Waals surface area contributed by atoms with E-state index in [0.717, 1.165) is 38.5 Å². The second kappa shape index (κ2) is 9.19. The van der Waals surface area contributed by atoms with Gasteiger partial charge < -0.3 is 14.8 Å². The SMILES string of the molecule is CCNCCOCCCOc1ccccc1. The topological polar surface area (TPSA) is 30.5 Å². The van der Waals surface area contributed by atoms with Crippen LogP contribution in [0.2, 0.25) is 0 Å². The van der Waals surface area contributed by atoms with E-state index in [9.17, 15) is 0 Å².